The summed E-state index contributed by atoms with van der Waals surface area (Å²) in [5.74, 6) is 1.07. The van der Waals surface area contributed by atoms with Gasteiger partial charge in [0.2, 0.25) is 0 Å². The summed E-state index contributed by atoms with van der Waals surface area (Å²) in [5.41, 5.74) is 1.19. The van der Waals surface area contributed by atoms with Gasteiger partial charge in [-0.05, 0) is 49.9 Å². The van der Waals surface area contributed by atoms with E-state index >= 15 is 0 Å². The lowest BCUT2D eigenvalue weighted by Crippen LogP contribution is -2.49. The summed E-state index contributed by atoms with van der Waals surface area (Å²) in [6, 6.07) is 8.97. The van der Waals surface area contributed by atoms with Crippen LogP contribution in [-0.2, 0) is 0 Å². The van der Waals surface area contributed by atoms with Crippen LogP contribution in [0.25, 0.3) is 0 Å². The van der Waals surface area contributed by atoms with Gasteiger partial charge in [-0.25, -0.2) is 4.79 Å². The molecule has 2 saturated heterocycles. The van der Waals surface area contributed by atoms with E-state index in [1.807, 2.05) is 4.90 Å². The molecule has 0 aromatic heterocycles. The van der Waals surface area contributed by atoms with Gasteiger partial charge in [-0.2, -0.15) is 5.26 Å². The predicted octanol–water partition coefficient (Wildman–Crippen LogP) is 2.02. The zero-order valence-corrected chi connectivity index (χ0v) is 12.4. The van der Waals surface area contributed by atoms with Gasteiger partial charge in [-0.3, -0.25) is 0 Å². The topological polar surface area (TPSA) is 68.2 Å². The molecule has 0 aliphatic carbocycles. The van der Waals surface area contributed by atoms with Crippen molar-refractivity contribution in [3.63, 3.8) is 0 Å². The van der Waals surface area contributed by atoms with Crippen LogP contribution in [0.5, 0.6) is 0 Å². The van der Waals surface area contributed by atoms with Crippen molar-refractivity contribution in [2.75, 3.05) is 25.0 Å². The largest absolute Gasteiger partial charge is 0.322 e. The maximum Gasteiger partial charge on any atom is 0.322 e. The molecule has 0 radical (unpaired) electrons. The number of fused-ring (bicyclic) bond motifs is 1. The van der Waals surface area contributed by atoms with Crippen LogP contribution in [0.15, 0.2) is 24.3 Å². The highest BCUT2D eigenvalue weighted by molar-refractivity contribution is 5.90. The second kappa shape index (κ2) is 5.05. The van der Waals surface area contributed by atoms with E-state index in [0.29, 0.717) is 17.4 Å². The standard InChI is InChI=1S/C16H20N4O/c1-16(2)14-9-18-8-12(14)10-20(16)15(21)19-13-5-3-11(7-17)4-6-13/h3-6,12,14,18H,8-10H2,1-2H3,(H,19,21). The summed E-state index contributed by atoms with van der Waals surface area (Å²) < 4.78 is 0. The second-order valence-corrected chi connectivity index (χ2v) is 6.41. The molecule has 2 N–H and O–H groups in total. The summed E-state index contributed by atoms with van der Waals surface area (Å²) in [5, 5.41) is 15.1. The number of hydrogen-bond donors (Lipinski definition) is 2. The third-order valence-corrected chi connectivity index (χ3v) is 4.87. The minimum absolute atomic E-state index is 0.0564. The van der Waals surface area contributed by atoms with Crippen molar-refractivity contribution in [1.82, 2.24) is 10.2 Å². The molecule has 2 atom stereocenters. The Morgan fingerprint density at radius 1 is 1.38 bits per heavy atom. The van der Waals surface area contributed by atoms with Crippen molar-refractivity contribution in [3.8, 4) is 6.07 Å². The van der Waals surface area contributed by atoms with Crippen LogP contribution in [0, 0.1) is 23.2 Å². The van der Waals surface area contributed by atoms with Crippen LogP contribution in [-0.4, -0.2) is 36.1 Å². The van der Waals surface area contributed by atoms with E-state index in [1.165, 1.54) is 0 Å². The number of nitriles is 1. The molecular formula is C16H20N4O. The Hall–Kier alpha value is -2.06. The van der Waals surface area contributed by atoms with Gasteiger partial charge in [0, 0.05) is 30.9 Å². The summed E-state index contributed by atoms with van der Waals surface area (Å²) in [6.07, 6.45) is 0. The minimum Gasteiger partial charge on any atom is -0.319 e. The fraction of sp³-hybridized carbons (Fsp3) is 0.500. The van der Waals surface area contributed by atoms with Gasteiger partial charge in [0.1, 0.15) is 0 Å². The molecule has 2 fully saturated rings. The van der Waals surface area contributed by atoms with E-state index in [1.54, 1.807) is 24.3 Å². The molecule has 2 amide bonds. The van der Waals surface area contributed by atoms with E-state index < -0.39 is 0 Å². The Labute approximate surface area is 124 Å². The second-order valence-electron chi connectivity index (χ2n) is 6.41. The monoisotopic (exact) mass is 284 g/mol. The first-order valence-corrected chi connectivity index (χ1v) is 7.32. The molecule has 0 spiro atoms. The molecule has 0 bridgehead atoms. The number of anilines is 1. The number of nitrogens with one attached hydrogen (secondary N) is 2. The highest BCUT2D eigenvalue weighted by atomic mass is 16.2. The van der Waals surface area contributed by atoms with E-state index in [4.69, 9.17) is 5.26 Å². The first-order chi connectivity index (χ1) is 10.0. The zero-order valence-electron chi connectivity index (χ0n) is 12.4. The highest BCUT2D eigenvalue weighted by Crippen LogP contribution is 2.40. The molecular weight excluding hydrogens is 264 g/mol. The molecule has 5 heteroatoms. The molecule has 5 nitrogen and oxygen atoms in total. The van der Waals surface area contributed by atoms with Gasteiger partial charge in [0.25, 0.3) is 0 Å². The SMILES string of the molecule is CC1(C)C2CNCC2CN1C(=O)Nc1ccc(C#N)cc1. The minimum atomic E-state index is -0.134. The van der Waals surface area contributed by atoms with Crippen molar-refractivity contribution in [2.45, 2.75) is 19.4 Å². The normalized spacial score (nSPS) is 26.2. The number of carbonyl (C=O) groups is 1. The molecule has 110 valence electrons. The summed E-state index contributed by atoms with van der Waals surface area (Å²) in [6.45, 7) is 7.06. The molecule has 1 aromatic rings. The van der Waals surface area contributed by atoms with Gasteiger partial charge in [-0.1, -0.05) is 0 Å². The molecule has 3 rings (SSSR count). The van der Waals surface area contributed by atoms with Gasteiger partial charge in [0.05, 0.1) is 11.6 Å². The molecule has 2 aliphatic heterocycles. The van der Waals surface area contributed by atoms with E-state index in [9.17, 15) is 4.79 Å². The van der Waals surface area contributed by atoms with E-state index in [-0.39, 0.29) is 11.6 Å². The summed E-state index contributed by atoms with van der Waals surface area (Å²) in [4.78, 5) is 14.5. The highest BCUT2D eigenvalue weighted by Gasteiger charge is 2.51. The Morgan fingerprint density at radius 3 is 2.71 bits per heavy atom. The number of nitrogens with zero attached hydrogens (tertiary/aromatic N) is 2. The number of benzene rings is 1. The maximum atomic E-state index is 12.5. The summed E-state index contributed by atoms with van der Waals surface area (Å²) >= 11 is 0. The van der Waals surface area contributed by atoms with Crippen LogP contribution < -0.4 is 10.6 Å². The molecule has 2 unspecified atom stereocenters. The van der Waals surface area contributed by atoms with Crippen LogP contribution in [0.3, 0.4) is 0 Å². The van der Waals surface area contributed by atoms with Crippen molar-refractivity contribution in [1.29, 1.82) is 5.26 Å². The third-order valence-electron chi connectivity index (χ3n) is 4.87. The zero-order chi connectivity index (χ0) is 15.0. The van der Waals surface area contributed by atoms with Crippen LogP contribution >= 0.6 is 0 Å². The van der Waals surface area contributed by atoms with Crippen molar-refractivity contribution in [3.05, 3.63) is 29.8 Å². The number of likely N-dealkylation sites (tertiary alicyclic amines) is 1. The Kier molecular flexibility index (Phi) is 3.34. The lowest BCUT2D eigenvalue weighted by Gasteiger charge is -2.35. The van der Waals surface area contributed by atoms with Crippen LogP contribution in [0.1, 0.15) is 19.4 Å². The number of amides is 2. The van der Waals surface area contributed by atoms with Gasteiger partial charge >= 0.3 is 6.03 Å². The Balaban J connectivity index is 1.72. The molecule has 1 aromatic carbocycles. The van der Waals surface area contributed by atoms with Crippen LogP contribution in [0.4, 0.5) is 10.5 Å². The molecule has 0 saturated carbocycles. The number of hydrogen-bond acceptors (Lipinski definition) is 3. The number of rotatable bonds is 1. The number of carbonyl (C=O) groups excluding carboxylic acids is 1. The fourth-order valence-corrected chi connectivity index (χ4v) is 3.59. The predicted molar refractivity (Wildman–Crippen MR) is 80.8 cm³/mol. The number of urea groups is 1. The third kappa shape index (κ3) is 2.36. The van der Waals surface area contributed by atoms with E-state index in [0.717, 1.165) is 25.3 Å². The fourth-order valence-electron chi connectivity index (χ4n) is 3.59. The molecule has 2 heterocycles. The average Bonchev–Trinajstić information content (AvgIpc) is 3.02. The van der Waals surface area contributed by atoms with Crippen molar-refractivity contribution >= 4 is 11.7 Å². The van der Waals surface area contributed by atoms with Gasteiger partial charge in [0.15, 0.2) is 0 Å². The summed E-state index contributed by atoms with van der Waals surface area (Å²) in [7, 11) is 0. The maximum absolute atomic E-state index is 12.5. The lowest BCUT2D eigenvalue weighted by molar-refractivity contribution is 0.157. The molecule has 2 aliphatic rings. The smallest absolute Gasteiger partial charge is 0.319 e. The van der Waals surface area contributed by atoms with Crippen LogP contribution in [0.2, 0.25) is 0 Å². The Morgan fingerprint density at radius 2 is 2.10 bits per heavy atom. The van der Waals surface area contributed by atoms with Gasteiger partial charge < -0.3 is 15.5 Å². The van der Waals surface area contributed by atoms with E-state index in [2.05, 4.69) is 30.6 Å². The quantitative estimate of drug-likeness (QED) is 0.829. The average molecular weight is 284 g/mol. The van der Waals surface area contributed by atoms with Crippen molar-refractivity contribution < 1.29 is 4.79 Å². The lowest BCUT2D eigenvalue weighted by atomic mass is 9.85. The first kappa shape index (κ1) is 13.9. The van der Waals surface area contributed by atoms with Gasteiger partial charge in [-0.15, -0.1) is 0 Å². The molecule has 21 heavy (non-hydrogen) atoms. The van der Waals surface area contributed by atoms with Crippen molar-refractivity contribution in [2.24, 2.45) is 11.8 Å². The Bertz CT molecular complexity index is 587. The first-order valence-electron chi connectivity index (χ1n) is 7.32.